The van der Waals surface area contributed by atoms with Crippen LogP contribution in [0.2, 0.25) is 0 Å². The molecule has 1 saturated heterocycles. The van der Waals surface area contributed by atoms with E-state index < -0.39 is 0 Å². The number of anilines is 1. The molecule has 0 saturated carbocycles. The SMILES string of the molecule is O=C(/C=C/c1ccc2cnn(C3CCCCO3)c2c1)Nc1ccccc1CO. The van der Waals surface area contributed by atoms with Crippen molar-refractivity contribution >= 4 is 28.6 Å². The Morgan fingerprint density at radius 1 is 1.29 bits per heavy atom. The second-order valence-corrected chi connectivity index (χ2v) is 6.87. The number of rotatable bonds is 5. The van der Waals surface area contributed by atoms with E-state index >= 15 is 0 Å². The van der Waals surface area contributed by atoms with Crippen molar-refractivity contribution in [3.63, 3.8) is 0 Å². The second kappa shape index (κ2) is 8.37. The zero-order chi connectivity index (χ0) is 19.3. The van der Waals surface area contributed by atoms with Crippen molar-refractivity contribution in [3.05, 3.63) is 65.9 Å². The molecule has 0 bridgehead atoms. The molecule has 1 unspecified atom stereocenters. The maximum absolute atomic E-state index is 12.3. The van der Waals surface area contributed by atoms with Crippen LogP contribution < -0.4 is 5.32 Å². The third kappa shape index (κ3) is 3.98. The summed E-state index contributed by atoms with van der Waals surface area (Å²) in [5.41, 5.74) is 3.21. The minimum absolute atomic E-state index is 0.0243. The lowest BCUT2D eigenvalue weighted by Gasteiger charge is -2.23. The number of hydrogen-bond acceptors (Lipinski definition) is 4. The number of para-hydroxylation sites is 1. The lowest BCUT2D eigenvalue weighted by Crippen LogP contribution is -2.18. The first kappa shape index (κ1) is 18.4. The molecule has 144 valence electrons. The minimum Gasteiger partial charge on any atom is -0.392 e. The van der Waals surface area contributed by atoms with Crippen molar-refractivity contribution in [2.24, 2.45) is 0 Å². The normalized spacial score (nSPS) is 17.2. The molecule has 2 aromatic carbocycles. The van der Waals surface area contributed by atoms with E-state index in [1.165, 1.54) is 6.08 Å². The van der Waals surface area contributed by atoms with Crippen molar-refractivity contribution in [2.75, 3.05) is 11.9 Å². The molecular weight excluding hydrogens is 354 g/mol. The Bertz CT molecular complexity index is 1000. The Morgan fingerprint density at radius 2 is 2.18 bits per heavy atom. The highest BCUT2D eigenvalue weighted by molar-refractivity contribution is 6.02. The number of aliphatic hydroxyl groups excluding tert-OH is 1. The summed E-state index contributed by atoms with van der Waals surface area (Å²) >= 11 is 0. The van der Waals surface area contributed by atoms with E-state index in [-0.39, 0.29) is 18.7 Å². The zero-order valence-electron chi connectivity index (χ0n) is 15.5. The smallest absolute Gasteiger partial charge is 0.248 e. The maximum atomic E-state index is 12.3. The number of aromatic nitrogens is 2. The van der Waals surface area contributed by atoms with Gasteiger partial charge >= 0.3 is 0 Å². The summed E-state index contributed by atoms with van der Waals surface area (Å²) in [4.78, 5) is 12.3. The number of carbonyl (C=O) groups is 1. The fourth-order valence-electron chi connectivity index (χ4n) is 3.43. The number of nitrogens with one attached hydrogen (secondary N) is 1. The molecule has 2 N–H and O–H groups in total. The summed E-state index contributed by atoms with van der Waals surface area (Å²) in [6.45, 7) is 0.644. The van der Waals surface area contributed by atoms with E-state index in [1.807, 2.05) is 41.2 Å². The van der Waals surface area contributed by atoms with Crippen LogP contribution in [0.5, 0.6) is 0 Å². The summed E-state index contributed by atoms with van der Waals surface area (Å²) in [6, 6.07) is 13.2. The van der Waals surface area contributed by atoms with Gasteiger partial charge < -0.3 is 15.2 Å². The van der Waals surface area contributed by atoms with Crippen LogP contribution in [0.15, 0.2) is 54.7 Å². The first-order valence-corrected chi connectivity index (χ1v) is 9.51. The van der Waals surface area contributed by atoms with E-state index in [0.717, 1.165) is 42.3 Å². The van der Waals surface area contributed by atoms with E-state index in [2.05, 4.69) is 10.4 Å². The Balaban J connectivity index is 1.51. The van der Waals surface area contributed by atoms with Crippen molar-refractivity contribution in [1.82, 2.24) is 9.78 Å². The van der Waals surface area contributed by atoms with Crippen LogP contribution in [0, 0.1) is 0 Å². The highest BCUT2D eigenvalue weighted by atomic mass is 16.5. The summed E-state index contributed by atoms with van der Waals surface area (Å²) in [6.07, 6.45) is 8.29. The van der Waals surface area contributed by atoms with Gasteiger partial charge in [0.05, 0.1) is 18.3 Å². The third-order valence-corrected chi connectivity index (χ3v) is 4.92. The van der Waals surface area contributed by atoms with Crippen LogP contribution in [0.1, 0.15) is 36.6 Å². The quantitative estimate of drug-likeness (QED) is 0.662. The van der Waals surface area contributed by atoms with Gasteiger partial charge in [-0.25, -0.2) is 4.68 Å². The lowest BCUT2D eigenvalue weighted by atomic mass is 10.1. The molecule has 4 rings (SSSR count). The third-order valence-electron chi connectivity index (χ3n) is 4.92. The fraction of sp³-hybridized carbons (Fsp3) is 0.273. The van der Waals surface area contributed by atoms with E-state index in [4.69, 9.17) is 4.74 Å². The number of ether oxygens (including phenoxy) is 1. The molecule has 0 aliphatic carbocycles. The van der Waals surface area contributed by atoms with Crippen molar-refractivity contribution < 1.29 is 14.6 Å². The molecule has 1 aliphatic heterocycles. The molecular formula is C22H23N3O3. The molecule has 6 nitrogen and oxygen atoms in total. The number of aliphatic hydroxyl groups is 1. The standard InChI is InChI=1S/C22H23N3O3/c26-15-18-5-1-2-6-19(18)24-21(27)11-9-16-8-10-17-14-23-25(20(17)13-16)22-7-3-4-12-28-22/h1-2,5-6,8-11,13-14,22,26H,3-4,7,12,15H2,(H,24,27)/b11-9+. The molecule has 1 aliphatic rings. The number of benzene rings is 2. The molecule has 3 aromatic rings. The van der Waals surface area contributed by atoms with Crippen LogP contribution in [0.3, 0.4) is 0 Å². The van der Waals surface area contributed by atoms with Gasteiger partial charge in [0, 0.05) is 29.3 Å². The Morgan fingerprint density at radius 3 is 3.00 bits per heavy atom. The van der Waals surface area contributed by atoms with Crippen LogP contribution >= 0.6 is 0 Å². The molecule has 6 heteroatoms. The number of fused-ring (bicyclic) bond motifs is 1. The predicted octanol–water partition coefficient (Wildman–Crippen LogP) is 3.88. The summed E-state index contributed by atoms with van der Waals surface area (Å²) in [5.74, 6) is -0.245. The Hall–Kier alpha value is -2.96. The van der Waals surface area contributed by atoms with Gasteiger partial charge in [0.15, 0.2) is 6.23 Å². The van der Waals surface area contributed by atoms with Gasteiger partial charge in [0.25, 0.3) is 0 Å². The van der Waals surface area contributed by atoms with Crippen molar-refractivity contribution in [2.45, 2.75) is 32.1 Å². The fourth-order valence-corrected chi connectivity index (χ4v) is 3.43. The molecule has 1 fully saturated rings. The van der Waals surface area contributed by atoms with Crippen LogP contribution in [0.25, 0.3) is 17.0 Å². The van der Waals surface area contributed by atoms with Gasteiger partial charge in [-0.15, -0.1) is 0 Å². The monoisotopic (exact) mass is 377 g/mol. The molecule has 1 aromatic heterocycles. The van der Waals surface area contributed by atoms with Crippen LogP contribution in [-0.2, 0) is 16.1 Å². The molecule has 1 atom stereocenters. The molecule has 0 radical (unpaired) electrons. The zero-order valence-corrected chi connectivity index (χ0v) is 15.5. The Labute approximate surface area is 163 Å². The summed E-state index contributed by atoms with van der Waals surface area (Å²) < 4.78 is 7.79. The van der Waals surface area contributed by atoms with Crippen LogP contribution in [-0.4, -0.2) is 27.4 Å². The van der Waals surface area contributed by atoms with Crippen LogP contribution in [0.4, 0.5) is 5.69 Å². The minimum atomic E-state index is -0.245. The van der Waals surface area contributed by atoms with Gasteiger partial charge in [-0.05, 0) is 43.0 Å². The number of amides is 1. The van der Waals surface area contributed by atoms with E-state index in [0.29, 0.717) is 11.3 Å². The van der Waals surface area contributed by atoms with Crippen molar-refractivity contribution in [1.29, 1.82) is 0 Å². The molecule has 28 heavy (non-hydrogen) atoms. The average Bonchev–Trinajstić information content (AvgIpc) is 3.16. The average molecular weight is 377 g/mol. The number of nitrogens with zero attached hydrogens (tertiary/aromatic N) is 2. The van der Waals surface area contributed by atoms with Gasteiger partial charge in [0.1, 0.15) is 0 Å². The highest BCUT2D eigenvalue weighted by Crippen LogP contribution is 2.27. The first-order valence-electron chi connectivity index (χ1n) is 9.51. The molecule has 0 spiro atoms. The Kier molecular flexibility index (Phi) is 5.50. The molecule has 2 heterocycles. The topological polar surface area (TPSA) is 76.4 Å². The largest absolute Gasteiger partial charge is 0.392 e. The molecule has 1 amide bonds. The second-order valence-electron chi connectivity index (χ2n) is 6.87. The maximum Gasteiger partial charge on any atom is 0.248 e. The summed E-state index contributed by atoms with van der Waals surface area (Å²) in [7, 11) is 0. The van der Waals surface area contributed by atoms with E-state index in [1.54, 1.807) is 18.2 Å². The van der Waals surface area contributed by atoms with Crippen molar-refractivity contribution in [3.8, 4) is 0 Å². The first-order chi connectivity index (χ1) is 13.7. The van der Waals surface area contributed by atoms with Gasteiger partial charge in [0.2, 0.25) is 5.91 Å². The number of carbonyl (C=O) groups excluding carboxylic acids is 1. The highest BCUT2D eigenvalue weighted by Gasteiger charge is 2.18. The van der Waals surface area contributed by atoms with Gasteiger partial charge in [-0.3, -0.25) is 4.79 Å². The predicted molar refractivity (Wildman–Crippen MR) is 109 cm³/mol. The van der Waals surface area contributed by atoms with E-state index in [9.17, 15) is 9.90 Å². The lowest BCUT2D eigenvalue weighted by molar-refractivity contribution is -0.111. The van der Waals surface area contributed by atoms with Gasteiger partial charge in [-0.2, -0.15) is 5.10 Å². The number of hydrogen-bond donors (Lipinski definition) is 2. The summed E-state index contributed by atoms with van der Waals surface area (Å²) in [5, 5.41) is 17.7. The van der Waals surface area contributed by atoms with Gasteiger partial charge in [-0.1, -0.05) is 30.3 Å².